The maximum Gasteiger partial charge on any atom is 0.166 e. The highest BCUT2D eigenvalue weighted by molar-refractivity contribution is 7.86. The summed E-state index contributed by atoms with van der Waals surface area (Å²) in [6, 6.07) is 11.7. The summed E-state index contributed by atoms with van der Waals surface area (Å²) < 4.78 is 65.4. The van der Waals surface area contributed by atoms with Crippen LogP contribution in [-0.2, 0) is 29.8 Å². The Hall–Kier alpha value is -2.58. The molecule has 0 unspecified atom stereocenters. The van der Waals surface area contributed by atoms with Crippen molar-refractivity contribution in [2.45, 2.75) is 66.2 Å². The number of carbonyl (C=O) groups is 2. The monoisotopic (exact) mass is 640 g/mol. The summed E-state index contributed by atoms with van der Waals surface area (Å²) in [4.78, 5) is 29.5. The van der Waals surface area contributed by atoms with E-state index in [0.717, 1.165) is 12.8 Å². The van der Waals surface area contributed by atoms with E-state index in [2.05, 4.69) is 9.97 Å². The molecule has 0 aromatic carbocycles. The van der Waals surface area contributed by atoms with Gasteiger partial charge in [0.05, 0.1) is 31.7 Å². The lowest BCUT2D eigenvalue weighted by atomic mass is 9.70. The van der Waals surface area contributed by atoms with E-state index in [1.165, 1.54) is 0 Å². The SMILES string of the molecule is CC1(C)[C@@H]2CC[C@@]1(CS(=O)(=O)[O-])C(=O)C2.CC1(C)[C@@H]2CC[C@@]1(CS(=O)(=O)[O-])C(=O)C2.O.c1cc[nH+]cc1.c1cc[nH+]cc1. The van der Waals surface area contributed by atoms with Crippen LogP contribution < -0.4 is 9.97 Å². The predicted octanol–water partition coefficient (Wildman–Crippen LogP) is 2.03. The Morgan fingerprint density at radius 1 is 0.651 bits per heavy atom. The Bertz CT molecular complexity index is 1280. The van der Waals surface area contributed by atoms with Crippen LogP contribution in [0.4, 0.5) is 0 Å². The van der Waals surface area contributed by atoms with Crippen molar-refractivity contribution in [3.05, 3.63) is 61.2 Å². The van der Waals surface area contributed by atoms with Gasteiger partial charge in [0.2, 0.25) is 0 Å². The van der Waals surface area contributed by atoms with E-state index in [4.69, 9.17) is 0 Å². The molecule has 0 radical (unpaired) electrons. The second-order valence-electron chi connectivity index (χ2n) is 12.9. The number of Topliss-reactive ketones (excluding diaryl/α,β-unsaturated/α-hetero) is 2. The van der Waals surface area contributed by atoms with Crippen molar-refractivity contribution < 1.29 is 51.0 Å². The molecule has 0 aliphatic heterocycles. The summed E-state index contributed by atoms with van der Waals surface area (Å²) in [6.45, 7) is 7.67. The third-order valence-electron chi connectivity index (χ3n) is 10.3. The van der Waals surface area contributed by atoms with Crippen LogP contribution in [0.1, 0.15) is 66.2 Å². The zero-order valence-corrected chi connectivity index (χ0v) is 26.8. The quantitative estimate of drug-likeness (QED) is 0.450. The molecule has 6 rings (SSSR count). The van der Waals surface area contributed by atoms with Gasteiger partial charge in [-0.1, -0.05) is 39.8 Å². The van der Waals surface area contributed by atoms with E-state index in [9.17, 15) is 35.5 Å². The fourth-order valence-electron chi connectivity index (χ4n) is 7.50. The molecule has 0 saturated heterocycles. The van der Waals surface area contributed by atoms with Crippen molar-refractivity contribution in [1.29, 1.82) is 0 Å². The van der Waals surface area contributed by atoms with Gasteiger partial charge in [-0.2, -0.15) is 0 Å². The second kappa shape index (κ2) is 13.6. The summed E-state index contributed by atoms with van der Waals surface area (Å²) in [5.41, 5.74) is -2.44. The maximum absolute atomic E-state index is 11.8. The minimum Gasteiger partial charge on any atom is -0.748 e. The molecule has 4 saturated carbocycles. The van der Waals surface area contributed by atoms with Gasteiger partial charge < -0.3 is 14.6 Å². The number of carbonyl (C=O) groups excluding carboxylic acids is 2. The minimum atomic E-state index is -4.33. The molecule has 240 valence electrons. The lowest BCUT2D eigenvalue weighted by Gasteiger charge is -2.37. The van der Waals surface area contributed by atoms with E-state index in [-0.39, 0.29) is 39.7 Å². The molecular formula is C30H44N2O9S2. The number of aromatic nitrogens is 2. The lowest BCUT2D eigenvalue weighted by Crippen LogP contribution is -2.42. The normalized spacial score (nSPS) is 29.2. The van der Waals surface area contributed by atoms with Crippen molar-refractivity contribution in [2.75, 3.05) is 11.5 Å². The number of ketones is 2. The van der Waals surface area contributed by atoms with E-state index in [0.29, 0.717) is 25.7 Å². The van der Waals surface area contributed by atoms with Crippen molar-refractivity contribution in [3.63, 3.8) is 0 Å². The van der Waals surface area contributed by atoms with Gasteiger partial charge in [0.25, 0.3) is 0 Å². The van der Waals surface area contributed by atoms with Crippen molar-refractivity contribution in [1.82, 2.24) is 0 Å². The molecule has 0 spiro atoms. The molecular weight excluding hydrogens is 596 g/mol. The van der Waals surface area contributed by atoms with Crippen LogP contribution in [0.3, 0.4) is 0 Å². The largest absolute Gasteiger partial charge is 0.748 e. The number of hydrogen-bond donors (Lipinski definition) is 0. The zero-order valence-electron chi connectivity index (χ0n) is 25.2. The first-order chi connectivity index (χ1) is 19.4. The van der Waals surface area contributed by atoms with Crippen molar-refractivity contribution in [3.8, 4) is 0 Å². The van der Waals surface area contributed by atoms with E-state index in [1.807, 2.05) is 88.9 Å². The molecule has 43 heavy (non-hydrogen) atoms. The van der Waals surface area contributed by atoms with Crippen LogP contribution in [0, 0.1) is 33.5 Å². The molecule has 2 aromatic rings. The molecule has 13 heteroatoms. The third kappa shape index (κ3) is 7.93. The average Bonchev–Trinajstić information content (AvgIpc) is 3.43. The predicted molar refractivity (Wildman–Crippen MR) is 156 cm³/mol. The Morgan fingerprint density at radius 2 is 0.953 bits per heavy atom. The van der Waals surface area contributed by atoms with Crippen molar-refractivity contribution >= 4 is 31.8 Å². The molecule has 4 atom stereocenters. The van der Waals surface area contributed by atoms with Crippen LogP contribution in [-0.4, -0.2) is 54.5 Å². The summed E-state index contributed by atoms with van der Waals surface area (Å²) in [5, 5.41) is 0. The van der Waals surface area contributed by atoms with Gasteiger partial charge in [-0.3, -0.25) is 9.59 Å². The fraction of sp³-hybridized carbons (Fsp3) is 0.600. The topological polar surface area (TPSA) is 208 Å². The van der Waals surface area contributed by atoms with Gasteiger partial charge in [0, 0.05) is 47.9 Å². The van der Waals surface area contributed by atoms with Crippen LogP contribution in [0.25, 0.3) is 0 Å². The van der Waals surface area contributed by atoms with Gasteiger partial charge >= 0.3 is 0 Å². The van der Waals surface area contributed by atoms with Gasteiger partial charge in [0.15, 0.2) is 24.8 Å². The summed E-state index contributed by atoms with van der Waals surface area (Å²) >= 11 is 0. The summed E-state index contributed by atoms with van der Waals surface area (Å²) in [6.07, 6.45) is 11.3. The first-order valence-electron chi connectivity index (χ1n) is 14.1. The van der Waals surface area contributed by atoms with Crippen LogP contribution in [0.5, 0.6) is 0 Å². The van der Waals surface area contributed by atoms with E-state index < -0.39 is 42.6 Å². The number of pyridine rings is 2. The molecule has 4 fully saturated rings. The van der Waals surface area contributed by atoms with Gasteiger partial charge in [0.1, 0.15) is 11.6 Å². The van der Waals surface area contributed by atoms with Crippen LogP contribution in [0.2, 0.25) is 0 Å². The molecule has 4 aliphatic carbocycles. The number of hydrogen-bond acceptors (Lipinski definition) is 8. The Balaban J connectivity index is 0.000000215. The average molecular weight is 641 g/mol. The van der Waals surface area contributed by atoms with Crippen LogP contribution in [0.15, 0.2) is 61.2 Å². The first-order valence-corrected chi connectivity index (χ1v) is 17.3. The molecule has 4 bridgehead atoms. The smallest absolute Gasteiger partial charge is 0.166 e. The minimum absolute atomic E-state index is 0. The van der Waals surface area contributed by atoms with Crippen molar-refractivity contribution in [2.24, 2.45) is 33.5 Å². The second-order valence-corrected chi connectivity index (χ2v) is 15.7. The fourth-order valence-corrected chi connectivity index (χ4v) is 10.1. The molecule has 11 nitrogen and oxygen atoms in total. The number of fused-ring (bicyclic) bond motifs is 4. The Kier molecular flexibility index (Phi) is 11.6. The Morgan fingerprint density at radius 3 is 1.09 bits per heavy atom. The summed E-state index contributed by atoms with van der Waals surface area (Å²) in [5.74, 6) is -0.560. The van der Waals surface area contributed by atoms with Gasteiger partial charge in [-0.15, -0.1) is 0 Å². The highest BCUT2D eigenvalue weighted by Crippen LogP contribution is 2.65. The van der Waals surface area contributed by atoms with Gasteiger partial charge in [-0.25, -0.2) is 26.8 Å². The number of H-pyrrole nitrogens is 2. The molecule has 2 aromatic heterocycles. The number of aromatic amines is 2. The third-order valence-corrected chi connectivity index (χ3v) is 12.0. The Labute approximate surface area is 254 Å². The first kappa shape index (κ1) is 36.6. The summed E-state index contributed by atoms with van der Waals surface area (Å²) in [7, 11) is -8.65. The maximum atomic E-state index is 11.8. The molecule has 2 heterocycles. The highest BCUT2D eigenvalue weighted by Gasteiger charge is 2.65. The number of nitrogens with one attached hydrogen (secondary N) is 2. The molecule has 4 aliphatic rings. The highest BCUT2D eigenvalue weighted by atomic mass is 32.2. The van der Waals surface area contributed by atoms with E-state index in [1.54, 1.807) is 0 Å². The van der Waals surface area contributed by atoms with Crippen LogP contribution >= 0.6 is 0 Å². The van der Waals surface area contributed by atoms with Gasteiger partial charge in [-0.05, 0) is 48.3 Å². The number of rotatable bonds is 4. The molecule has 4 N–H and O–H groups in total. The molecule has 0 amide bonds. The van der Waals surface area contributed by atoms with E-state index >= 15 is 0 Å². The standard InChI is InChI=1S/2C10H16O4S.2C5H5N.H2O/c2*1-9(2)7-3-4-10(9,8(11)5-7)6-15(12,13)14;2*1-2-4-6-5-3-1;/h2*7H,3-6H2,1-2H3,(H,12,13,14);2*1-5H;1H2/t2*7-,10-;;;/m11.../s1. The lowest BCUT2D eigenvalue weighted by molar-refractivity contribution is -0.378. The zero-order chi connectivity index (χ0) is 31.5.